The van der Waals surface area contributed by atoms with Crippen molar-refractivity contribution in [1.82, 2.24) is 14.1 Å². The minimum atomic E-state index is -3.45. The molecule has 1 aromatic rings. The lowest BCUT2D eigenvalue weighted by Gasteiger charge is -2.37. The zero-order valence-electron chi connectivity index (χ0n) is 19.2. The van der Waals surface area contributed by atoms with Crippen molar-refractivity contribution in [3.63, 3.8) is 0 Å². The minimum absolute atomic E-state index is 0.0926. The summed E-state index contributed by atoms with van der Waals surface area (Å²) < 4.78 is 50.9. The van der Waals surface area contributed by atoms with Crippen LogP contribution in [0.1, 0.15) is 44.1 Å². The maximum Gasteiger partial charge on any atom is 0.243 e. The fourth-order valence-electron chi connectivity index (χ4n) is 5.07. The molecule has 0 aromatic heterocycles. The van der Waals surface area contributed by atoms with E-state index in [1.807, 2.05) is 17.0 Å². The number of hydrogen-bond donors (Lipinski definition) is 0. The van der Waals surface area contributed by atoms with Gasteiger partial charge in [0.1, 0.15) is 0 Å². The summed E-state index contributed by atoms with van der Waals surface area (Å²) in [5.74, 6) is 0.606. The predicted octanol–water partition coefficient (Wildman–Crippen LogP) is 1.52. The van der Waals surface area contributed by atoms with Crippen molar-refractivity contribution in [2.75, 3.05) is 50.8 Å². The van der Waals surface area contributed by atoms with E-state index in [2.05, 4.69) is 4.90 Å². The molecule has 3 aliphatic rings. The van der Waals surface area contributed by atoms with E-state index in [0.717, 1.165) is 44.3 Å². The van der Waals surface area contributed by atoms with Crippen LogP contribution in [-0.4, -0.2) is 93.7 Å². The van der Waals surface area contributed by atoms with Crippen LogP contribution in [0.3, 0.4) is 0 Å². The summed E-state index contributed by atoms with van der Waals surface area (Å²) in [5, 5.41) is 0. The summed E-state index contributed by atoms with van der Waals surface area (Å²) in [4.78, 5) is 17.1. The Hall–Kier alpha value is -1.49. The second-order valence-electron chi connectivity index (χ2n) is 9.44. The number of sulfonamides is 1. The largest absolute Gasteiger partial charge is 0.340 e. The van der Waals surface area contributed by atoms with Crippen molar-refractivity contribution >= 4 is 25.8 Å². The molecule has 1 atom stereocenters. The average molecular weight is 498 g/mol. The molecule has 10 heteroatoms. The third kappa shape index (κ3) is 6.15. The summed E-state index contributed by atoms with van der Waals surface area (Å²) in [5.41, 5.74) is 0.952. The van der Waals surface area contributed by atoms with Gasteiger partial charge in [-0.15, -0.1) is 0 Å². The van der Waals surface area contributed by atoms with Gasteiger partial charge in [-0.1, -0.05) is 25.0 Å². The number of rotatable bonds is 6. The zero-order chi connectivity index (χ0) is 23.5. The average Bonchev–Trinajstić information content (AvgIpc) is 3.00. The maximum atomic E-state index is 12.9. The number of aryl methyl sites for hydroxylation is 1. The Morgan fingerprint density at radius 2 is 1.55 bits per heavy atom. The zero-order valence-corrected chi connectivity index (χ0v) is 20.8. The van der Waals surface area contributed by atoms with Crippen LogP contribution in [0.15, 0.2) is 29.2 Å². The topological polar surface area (TPSA) is 95.1 Å². The van der Waals surface area contributed by atoms with Gasteiger partial charge in [0.25, 0.3) is 0 Å². The lowest BCUT2D eigenvalue weighted by molar-refractivity contribution is -0.133. The highest BCUT2D eigenvalue weighted by Crippen LogP contribution is 2.22. The molecule has 0 bridgehead atoms. The monoisotopic (exact) mass is 497 g/mol. The van der Waals surface area contributed by atoms with E-state index in [-0.39, 0.29) is 23.5 Å². The predicted molar refractivity (Wildman–Crippen MR) is 127 cm³/mol. The molecular formula is C23H35N3O5S2. The first-order valence-electron chi connectivity index (χ1n) is 12.1. The van der Waals surface area contributed by atoms with Crippen molar-refractivity contribution in [2.45, 2.75) is 55.9 Å². The van der Waals surface area contributed by atoms with E-state index in [4.69, 9.17) is 0 Å². The van der Waals surface area contributed by atoms with Gasteiger partial charge >= 0.3 is 0 Å². The molecule has 33 heavy (non-hydrogen) atoms. The normalized spacial score (nSPS) is 25.1. The van der Waals surface area contributed by atoms with E-state index in [0.29, 0.717) is 50.3 Å². The maximum absolute atomic E-state index is 12.9. The van der Waals surface area contributed by atoms with E-state index in [1.165, 1.54) is 0 Å². The second kappa shape index (κ2) is 10.4. The minimum Gasteiger partial charge on any atom is -0.340 e. The molecule has 1 amide bonds. The standard InChI is InChI=1S/C23H35N3O5S2/c27-23(25-16-14-24(15-17-25)21-11-18-32(28,29)19-21)10-7-20-5-8-22(9-6-20)33(30,31)26-12-3-1-2-4-13-26/h5-6,8-9,21H,1-4,7,10-19H2. The molecule has 0 radical (unpaired) electrons. The highest BCUT2D eigenvalue weighted by molar-refractivity contribution is 7.91. The van der Waals surface area contributed by atoms with Crippen LogP contribution in [-0.2, 0) is 31.1 Å². The quantitative estimate of drug-likeness (QED) is 0.591. The van der Waals surface area contributed by atoms with Gasteiger partial charge < -0.3 is 4.90 Å². The van der Waals surface area contributed by atoms with Crippen molar-refractivity contribution in [2.24, 2.45) is 0 Å². The molecule has 3 saturated heterocycles. The van der Waals surface area contributed by atoms with Gasteiger partial charge in [0.2, 0.25) is 15.9 Å². The van der Waals surface area contributed by atoms with Crippen molar-refractivity contribution in [3.8, 4) is 0 Å². The van der Waals surface area contributed by atoms with Crippen LogP contribution >= 0.6 is 0 Å². The highest BCUT2D eigenvalue weighted by Gasteiger charge is 2.34. The molecule has 4 rings (SSSR count). The number of nitrogens with zero attached hydrogens (tertiary/aromatic N) is 3. The Morgan fingerprint density at radius 1 is 0.909 bits per heavy atom. The first-order chi connectivity index (χ1) is 15.7. The Kier molecular flexibility index (Phi) is 7.77. The van der Waals surface area contributed by atoms with Crippen molar-refractivity contribution < 1.29 is 21.6 Å². The number of benzene rings is 1. The Bertz CT molecular complexity index is 1020. The van der Waals surface area contributed by atoms with Crippen LogP contribution in [0.2, 0.25) is 0 Å². The smallest absolute Gasteiger partial charge is 0.243 e. The Morgan fingerprint density at radius 3 is 2.12 bits per heavy atom. The molecule has 3 heterocycles. The molecule has 3 aliphatic heterocycles. The fourth-order valence-corrected chi connectivity index (χ4v) is 8.35. The fraction of sp³-hybridized carbons (Fsp3) is 0.696. The van der Waals surface area contributed by atoms with Gasteiger partial charge in [-0.05, 0) is 43.4 Å². The number of sulfone groups is 1. The number of piperazine rings is 1. The summed E-state index contributed by atoms with van der Waals surface area (Å²) in [6.45, 7) is 3.86. The van der Waals surface area contributed by atoms with E-state index >= 15 is 0 Å². The van der Waals surface area contributed by atoms with Crippen LogP contribution in [0.25, 0.3) is 0 Å². The first-order valence-corrected chi connectivity index (χ1v) is 15.3. The number of hydrogen-bond acceptors (Lipinski definition) is 6. The van der Waals surface area contributed by atoms with Gasteiger partial charge in [-0.3, -0.25) is 9.69 Å². The van der Waals surface area contributed by atoms with Gasteiger partial charge in [-0.25, -0.2) is 16.8 Å². The SMILES string of the molecule is O=C(CCc1ccc(S(=O)(=O)N2CCCCCC2)cc1)N1CCN(C2CCS(=O)(=O)C2)CC1. The van der Waals surface area contributed by atoms with Gasteiger partial charge in [0.05, 0.1) is 16.4 Å². The molecule has 0 spiro atoms. The molecule has 0 N–H and O–H groups in total. The summed E-state index contributed by atoms with van der Waals surface area (Å²) in [6, 6.07) is 7.05. The van der Waals surface area contributed by atoms with Crippen LogP contribution in [0.5, 0.6) is 0 Å². The molecule has 0 saturated carbocycles. The highest BCUT2D eigenvalue weighted by atomic mass is 32.2. The molecule has 184 valence electrons. The lowest BCUT2D eigenvalue weighted by Crippen LogP contribution is -2.52. The van der Waals surface area contributed by atoms with Crippen molar-refractivity contribution in [3.05, 3.63) is 29.8 Å². The van der Waals surface area contributed by atoms with Crippen molar-refractivity contribution in [1.29, 1.82) is 0 Å². The van der Waals surface area contributed by atoms with Crippen LogP contribution in [0, 0.1) is 0 Å². The Labute approximate surface area is 197 Å². The molecular weight excluding hydrogens is 462 g/mol. The van der Waals surface area contributed by atoms with E-state index < -0.39 is 19.9 Å². The van der Waals surface area contributed by atoms with E-state index in [1.54, 1.807) is 16.4 Å². The summed E-state index contributed by atoms with van der Waals surface area (Å²) in [7, 11) is -6.35. The summed E-state index contributed by atoms with van der Waals surface area (Å²) in [6.07, 6.45) is 5.63. The van der Waals surface area contributed by atoms with Gasteiger partial charge in [0.15, 0.2) is 9.84 Å². The van der Waals surface area contributed by atoms with Crippen LogP contribution in [0.4, 0.5) is 0 Å². The van der Waals surface area contributed by atoms with Gasteiger partial charge in [0, 0.05) is 51.7 Å². The Balaban J connectivity index is 1.25. The van der Waals surface area contributed by atoms with Crippen LogP contribution < -0.4 is 0 Å². The molecule has 0 aliphatic carbocycles. The number of carbonyl (C=O) groups is 1. The molecule has 3 fully saturated rings. The molecule has 1 aromatic carbocycles. The van der Waals surface area contributed by atoms with Gasteiger partial charge in [-0.2, -0.15) is 4.31 Å². The summed E-state index contributed by atoms with van der Waals surface area (Å²) >= 11 is 0. The number of carbonyl (C=O) groups excluding carboxylic acids is 1. The molecule has 1 unspecified atom stereocenters. The molecule has 8 nitrogen and oxygen atoms in total. The van der Waals surface area contributed by atoms with E-state index in [9.17, 15) is 21.6 Å². The second-order valence-corrected chi connectivity index (χ2v) is 13.6. The third-order valence-electron chi connectivity index (χ3n) is 7.15. The first kappa shape index (κ1) is 24.6. The lowest BCUT2D eigenvalue weighted by atomic mass is 10.1. The number of amides is 1. The third-order valence-corrected chi connectivity index (χ3v) is 10.8.